The van der Waals surface area contributed by atoms with E-state index in [9.17, 15) is 9.18 Å². The van der Waals surface area contributed by atoms with Gasteiger partial charge in [0.25, 0.3) is 0 Å². The Morgan fingerprint density at radius 2 is 2.21 bits per heavy atom. The molecule has 1 aromatic carbocycles. The molecule has 2 aromatic rings. The van der Waals surface area contributed by atoms with Gasteiger partial charge in [-0.05, 0) is 18.2 Å². The summed E-state index contributed by atoms with van der Waals surface area (Å²) in [5.74, 6) is -0.364. The number of aromatic nitrogens is 1. The van der Waals surface area contributed by atoms with E-state index in [4.69, 9.17) is 0 Å². The Morgan fingerprint density at radius 1 is 1.36 bits per heavy atom. The van der Waals surface area contributed by atoms with Crippen LogP contribution >= 0.6 is 0 Å². The average molecular weight is 188 g/mol. The number of fused-ring (bicyclic) bond motifs is 1. The Morgan fingerprint density at radius 3 is 3.00 bits per heavy atom. The molecule has 0 amide bonds. The van der Waals surface area contributed by atoms with Gasteiger partial charge in [-0.3, -0.25) is 4.98 Å². The first kappa shape index (κ1) is 8.53. The number of isocyanates is 1. The molecule has 0 aliphatic heterocycles. The maximum Gasteiger partial charge on any atom is 0.240 e. The van der Waals surface area contributed by atoms with Crippen LogP contribution in [0.5, 0.6) is 0 Å². The molecule has 0 radical (unpaired) electrons. The number of hydrogen-bond donors (Lipinski definition) is 0. The van der Waals surface area contributed by atoms with Crippen molar-refractivity contribution in [1.29, 1.82) is 0 Å². The highest BCUT2D eigenvalue weighted by atomic mass is 19.1. The van der Waals surface area contributed by atoms with Crippen molar-refractivity contribution in [2.75, 3.05) is 0 Å². The highest BCUT2D eigenvalue weighted by Gasteiger charge is 2.01. The molecule has 0 spiro atoms. The van der Waals surface area contributed by atoms with Gasteiger partial charge in [-0.1, -0.05) is 0 Å². The van der Waals surface area contributed by atoms with Gasteiger partial charge in [0.1, 0.15) is 5.82 Å². The van der Waals surface area contributed by atoms with E-state index < -0.39 is 0 Å². The van der Waals surface area contributed by atoms with Crippen LogP contribution in [0.4, 0.5) is 10.1 Å². The largest absolute Gasteiger partial charge is 0.256 e. The second-order valence-corrected chi connectivity index (χ2v) is 2.69. The summed E-state index contributed by atoms with van der Waals surface area (Å²) in [6, 6.07) is 5.70. The quantitative estimate of drug-likeness (QED) is 0.509. The number of halogens is 1. The van der Waals surface area contributed by atoms with Crippen molar-refractivity contribution in [3.8, 4) is 0 Å². The Labute approximate surface area is 78.9 Å². The topological polar surface area (TPSA) is 42.3 Å². The first-order valence-corrected chi connectivity index (χ1v) is 3.93. The van der Waals surface area contributed by atoms with Gasteiger partial charge in [-0.15, -0.1) is 0 Å². The Kier molecular flexibility index (Phi) is 2.05. The molecule has 2 rings (SSSR count). The summed E-state index contributed by atoms with van der Waals surface area (Å²) in [6.07, 6.45) is 2.91. The summed E-state index contributed by atoms with van der Waals surface area (Å²) >= 11 is 0. The normalized spacial score (nSPS) is 9.79. The van der Waals surface area contributed by atoms with Crippen molar-refractivity contribution < 1.29 is 9.18 Å². The summed E-state index contributed by atoms with van der Waals surface area (Å²) < 4.78 is 12.8. The average Bonchev–Trinajstić information content (AvgIpc) is 2.18. The van der Waals surface area contributed by atoms with E-state index in [-0.39, 0.29) is 5.82 Å². The fourth-order valence-corrected chi connectivity index (χ4v) is 1.25. The lowest BCUT2D eigenvalue weighted by molar-refractivity contribution is 0.565. The number of hydrogen-bond acceptors (Lipinski definition) is 3. The molecule has 68 valence electrons. The molecule has 1 aromatic heterocycles. The van der Waals surface area contributed by atoms with Gasteiger partial charge in [-0.25, -0.2) is 9.18 Å². The van der Waals surface area contributed by atoms with E-state index in [1.165, 1.54) is 30.5 Å². The van der Waals surface area contributed by atoms with Crippen LogP contribution in [0.15, 0.2) is 35.5 Å². The van der Waals surface area contributed by atoms with Crippen LogP contribution in [-0.4, -0.2) is 11.1 Å². The molecule has 14 heavy (non-hydrogen) atoms. The minimum Gasteiger partial charge on any atom is -0.256 e. The Balaban J connectivity index is 2.81. The van der Waals surface area contributed by atoms with Gasteiger partial charge >= 0.3 is 0 Å². The monoisotopic (exact) mass is 188 g/mol. The van der Waals surface area contributed by atoms with Gasteiger partial charge < -0.3 is 0 Å². The minimum atomic E-state index is -0.364. The van der Waals surface area contributed by atoms with E-state index in [0.717, 1.165) is 0 Å². The summed E-state index contributed by atoms with van der Waals surface area (Å²) in [7, 11) is 0. The number of aliphatic imine (C=N–C) groups is 1. The lowest BCUT2D eigenvalue weighted by Crippen LogP contribution is -1.80. The molecule has 0 N–H and O–H groups in total. The maximum absolute atomic E-state index is 12.8. The van der Waals surface area contributed by atoms with Gasteiger partial charge in [0.05, 0.1) is 11.2 Å². The molecule has 0 saturated heterocycles. The van der Waals surface area contributed by atoms with E-state index in [1.807, 2.05) is 0 Å². The number of nitrogens with zero attached hydrogens (tertiary/aromatic N) is 2. The van der Waals surface area contributed by atoms with Crippen LogP contribution in [0.3, 0.4) is 0 Å². The highest BCUT2D eigenvalue weighted by Crippen LogP contribution is 2.23. The summed E-state index contributed by atoms with van der Waals surface area (Å²) in [4.78, 5) is 17.6. The molecule has 0 atom stereocenters. The SMILES string of the molecule is O=C=Nc1ccnc2cc(F)ccc12. The Hall–Kier alpha value is -2.06. The first-order chi connectivity index (χ1) is 6.81. The Bertz CT molecular complexity index is 533. The zero-order chi connectivity index (χ0) is 9.97. The molecule has 1 heterocycles. The molecule has 0 aliphatic rings. The molecule has 0 fully saturated rings. The van der Waals surface area contributed by atoms with Crippen molar-refractivity contribution in [2.45, 2.75) is 0 Å². The second-order valence-electron chi connectivity index (χ2n) is 2.69. The zero-order valence-electron chi connectivity index (χ0n) is 7.07. The third kappa shape index (κ3) is 1.39. The first-order valence-electron chi connectivity index (χ1n) is 3.93. The third-order valence-electron chi connectivity index (χ3n) is 1.85. The fraction of sp³-hybridized carbons (Fsp3) is 0. The maximum atomic E-state index is 12.8. The van der Waals surface area contributed by atoms with Crippen molar-refractivity contribution in [2.24, 2.45) is 4.99 Å². The lowest BCUT2D eigenvalue weighted by Gasteiger charge is -1.98. The van der Waals surface area contributed by atoms with Crippen LogP contribution in [0, 0.1) is 5.82 Å². The van der Waals surface area contributed by atoms with Gasteiger partial charge in [-0.2, -0.15) is 4.99 Å². The van der Waals surface area contributed by atoms with Crippen LogP contribution in [0.2, 0.25) is 0 Å². The third-order valence-corrected chi connectivity index (χ3v) is 1.85. The van der Waals surface area contributed by atoms with Crippen molar-refractivity contribution in [1.82, 2.24) is 4.98 Å². The van der Waals surface area contributed by atoms with Crippen molar-refractivity contribution >= 4 is 22.7 Å². The summed E-state index contributed by atoms with van der Waals surface area (Å²) in [5, 5.41) is 0.636. The molecule has 0 saturated carbocycles. The molecular formula is C10H5FN2O. The van der Waals surface area contributed by atoms with E-state index in [1.54, 1.807) is 6.07 Å². The highest BCUT2D eigenvalue weighted by molar-refractivity contribution is 5.90. The molecular weight excluding hydrogens is 183 g/mol. The standard InChI is InChI=1S/C10H5FN2O/c11-7-1-2-8-9(13-6-14)3-4-12-10(8)5-7/h1-5H. The lowest BCUT2D eigenvalue weighted by atomic mass is 10.2. The van der Waals surface area contributed by atoms with E-state index in [0.29, 0.717) is 16.6 Å². The number of carbonyl (C=O) groups excluding carboxylic acids is 1. The number of rotatable bonds is 1. The molecule has 0 bridgehead atoms. The summed E-state index contributed by atoms with van der Waals surface area (Å²) in [6.45, 7) is 0. The molecule has 3 nitrogen and oxygen atoms in total. The molecule has 0 aliphatic carbocycles. The smallest absolute Gasteiger partial charge is 0.240 e. The van der Waals surface area contributed by atoms with Crippen molar-refractivity contribution in [3.63, 3.8) is 0 Å². The summed E-state index contributed by atoms with van der Waals surface area (Å²) in [5.41, 5.74) is 0.923. The van der Waals surface area contributed by atoms with E-state index >= 15 is 0 Å². The second kappa shape index (κ2) is 3.36. The van der Waals surface area contributed by atoms with Gasteiger partial charge in [0.15, 0.2) is 0 Å². The fourth-order valence-electron chi connectivity index (χ4n) is 1.25. The number of pyridine rings is 1. The predicted molar refractivity (Wildman–Crippen MR) is 49.5 cm³/mol. The van der Waals surface area contributed by atoms with Crippen LogP contribution < -0.4 is 0 Å². The predicted octanol–water partition coefficient (Wildman–Crippen LogP) is 2.34. The van der Waals surface area contributed by atoms with Crippen LogP contribution in [0.1, 0.15) is 0 Å². The van der Waals surface area contributed by atoms with Crippen molar-refractivity contribution in [3.05, 3.63) is 36.3 Å². The van der Waals surface area contributed by atoms with Crippen LogP contribution in [-0.2, 0) is 4.79 Å². The van der Waals surface area contributed by atoms with E-state index in [2.05, 4.69) is 9.98 Å². The van der Waals surface area contributed by atoms with Gasteiger partial charge in [0, 0.05) is 17.6 Å². The molecule has 0 unspecified atom stereocenters. The zero-order valence-corrected chi connectivity index (χ0v) is 7.07. The molecule has 4 heteroatoms. The van der Waals surface area contributed by atoms with Crippen LogP contribution in [0.25, 0.3) is 10.9 Å². The number of benzene rings is 1. The minimum absolute atomic E-state index is 0.364. The van der Waals surface area contributed by atoms with Gasteiger partial charge in [0.2, 0.25) is 6.08 Å².